The van der Waals surface area contributed by atoms with E-state index in [-0.39, 0.29) is 0 Å². The van der Waals surface area contributed by atoms with Crippen molar-refractivity contribution in [1.82, 2.24) is 4.72 Å². The van der Waals surface area contributed by atoms with E-state index in [1.807, 2.05) is 18.2 Å². The molecule has 0 saturated carbocycles. The summed E-state index contributed by atoms with van der Waals surface area (Å²) < 4.78 is 29.3. The van der Waals surface area contributed by atoms with Crippen molar-refractivity contribution in [3.63, 3.8) is 0 Å². The van der Waals surface area contributed by atoms with Gasteiger partial charge in [-0.1, -0.05) is 139 Å². The van der Waals surface area contributed by atoms with Crippen LogP contribution < -0.4 is 4.72 Å². The molecule has 0 aromatic heterocycles. The third-order valence-electron chi connectivity index (χ3n) is 7.60. The van der Waals surface area contributed by atoms with Crippen LogP contribution in [-0.2, 0) is 10.0 Å². The molecule has 0 aliphatic carbocycles. The number of nitrogens with one attached hydrogen (secondary N) is 1. The molecule has 1 N–H and O–H groups in total. The maximum atomic E-state index is 13.2. The predicted molar refractivity (Wildman–Crippen MR) is 156 cm³/mol. The second-order valence-corrected chi connectivity index (χ2v) is 12.1. The fourth-order valence-electron chi connectivity index (χ4n) is 5.55. The molecule has 0 heterocycles. The Labute approximate surface area is 218 Å². The molecule has 0 aliphatic rings. The molecule has 0 atom stereocenters. The Morgan fingerprint density at radius 3 is 1.61 bits per heavy atom. The van der Waals surface area contributed by atoms with Gasteiger partial charge in [0.15, 0.2) is 0 Å². The molecule has 0 radical (unpaired) electrons. The first kappa shape index (κ1) is 26.9. The van der Waals surface area contributed by atoms with E-state index in [1.165, 1.54) is 77.0 Å². The molecule has 4 rings (SSSR count). The van der Waals surface area contributed by atoms with Gasteiger partial charge in [0.2, 0.25) is 10.0 Å². The predicted octanol–water partition coefficient (Wildman–Crippen LogP) is 9.34. The van der Waals surface area contributed by atoms with Gasteiger partial charge in [-0.25, -0.2) is 13.1 Å². The number of sulfonamides is 1. The van der Waals surface area contributed by atoms with E-state index in [1.54, 1.807) is 6.07 Å². The van der Waals surface area contributed by atoms with Crippen molar-refractivity contribution in [2.45, 2.75) is 102 Å². The topological polar surface area (TPSA) is 46.2 Å². The largest absolute Gasteiger partial charge is 0.241 e. The van der Waals surface area contributed by atoms with Crippen LogP contribution in [0, 0.1) is 0 Å². The highest BCUT2D eigenvalue weighted by Crippen LogP contribution is 2.37. The summed E-state index contributed by atoms with van der Waals surface area (Å²) in [6.07, 6.45) is 18.2. The summed E-state index contributed by atoms with van der Waals surface area (Å²) in [5, 5.41) is 6.39. The molecule has 4 aromatic carbocycles. The number of hydrogen-bond acceptors (Lipinski definition) is 2. The Kier molecular flexibility index (Phi) is 10.0. The first-order valence-corrected chi connectivity index (χ1v) is 15.8. The number of unbranched alkanes of at least 4 members (excludes halogenated alkanes) is 13. The average Bonchev–Trinajstić information content (AvgIpc) is 2.89. The van der Waals surface area contributed by atoms with Crippen molar-refractivity contribution < 1.29 is 8.42 Å². The van der Waals surface area contributed by atoms with Gasteiger partial charge in [-0.3, -0.25) is 0 Å². The molecule has 0 amide bonds. The highest BCUT2D eigenvalue weighted by Gasteiger charge is 2.19. The van der Waals surface area contributed by atoms with Crippen LogP contribution in [-0.4, -0.2) is 15.0 Å². The molecule has 0 aliphatic heterocycles. The fraction of sp³-hybridized carbons (Fsp3) is 0.500. The summed E-state index contributed by atoms with van der Waals surface area (Å²) in [4.78, 5) is 0.388. The van der Waals surface area contributed by atoms with Crippen LogP contribution >= 0.6 is 0 Å². The lowest BCUT2D eigenvalue weighted by molar-refractivity contribution is 0.533. The Balaban J connectivity index is 1.19. The standard InChI is InChI=1S/C32H43NO2S/c1-2-3-4-5-6-7-8-9-10-11-12-13-14-15-25-33-36(34,35)30-24-22-28-20-19-26-17-16-18-27-21-23-29(30)32(28)31(26)27/h16-24,33H,2-15,25H2,1H3. The molecular formula is C32H43NO2S. The zero-order chi connectivity index (χ0) is 25.2. The van der Waals surface area contributed by atoms with Gasteiger partial charge in [-0.15, -0.1) is 0 Å². The van der Waals surface area contributed by atoms with Gasteiger partial charge in [0, 0.05) is 11.9 Å². The molecule has 0 unspecified atom stereocenters. The van der Waals surface area contributed by atoms with Crippen LogP contribution in [0.25, 0.3) is 32.3 Å². The summed E-state index contributed by atoms with van der Waals surface area (Å²) in [5.41, 5.74) is 0. The highest BCUT2D eigenvalue weighted by molar-refractivity contribution is 7.89. The van der Waals surface area contributed by atoms with Gasteiger partial charge in [0.1, 0.15) is 0 Å². The molecule has 194 valence electrons. The van der Waals surface area contributed by atoms with Gasteiger partial charge in [0.05, 0.1) is 4.90 Å². The van der Waals surface area contributed by atoms with E-state index >= 15 is 0 Å². The van der Waals surface area contributed by atoms with Crippen molar-refractivity contribution >= 4 is 42.3 Å². The molecule has 3 nitrogen and oxygen atoms in total. The highest BCUT2D eigenvalue weighted by atomic mass is 32.2. The summed E-state index contributed by atoms with van der Waals surface area (Å²) in [5.74, 6) is 0. The van der Waals surface area contributed by atoms with E-state index in [9.17, 15) is 8.42 Å². The molecule has 0 fully saturated rings. The van der Waals surface area contributed by atoms with Gasteiger partial charge < -0.3 is 0 Å². The van der Waals surface area contributed by atoms with Crippen molar-refractivity contribution in [1.29, 1.82) is 0 Å². The minimum atomic E-state index is -3.55. The van der Waals surface area contributed by atoms with Crippen LogP contribution in [0.15, 0.2) is 59.5 Å². The monoisotopic (exact) mass is 505 g/mol. The maximum absolute atomic E-state index is 13.2. The lowest BCUT2D eigenvalue weighted by Crippen LogP contribution is -2.25. The molecule has 4 aromatic rings. The van der Waals surface area contributed by atoms with Crippen LogP contribution in [0.3, 0.4) is 0 Å². The molecule has 0 saturated heterocycles. The number of rotatable bonds is 17. The Morgan fingerprint density at radius 2 is 1.03 bits per heavy atom. The van der Waals surface area contributed by atoms with Crippen LogP contribution in [0.2, 0.25) is 0 Å². The quantitative estimate of drug-likeness (QED) is 0.115. The maximum Gasteiger partial charge on any atom is 0.241 e. The van der Waals surface area contributed by atoms with Gasteiger partial charge in [-0.05, 0) is 39.4 Å². The first-order chi connectivity index (χ1) is 17.6. The van der Waals surface area contributed by atoms with Crippen molar-refractivity contribution in [3.05, 3.63) is 54.6 Å². The Bertz CT molecular complexity index is 1310. The Morgan fingerprint density at radius 1 is 0.556 bits per heavy atom. The van der Waals surface area contributed by atoms with Gasteiger partial charge in [0.25, 0.3) is 0 Å². The normalized spacial score (nSPS) is 12.4. The van der Waals surface area contributed by atoms with Crippen LogP contribution in [0.4, 0.5) is 0 Å². The number of hydrogen-bond donors (Lipinski definition) is 1. The molecular weight excluding hydrogens is 462 g/mol. The molecule has 0 spiro atoms. The summed E-state index contributed by atoms with van der Waals surface area (Å²) in [6, 6.07) is 18.1. The lowest BCUT2D eigenvalue weighted by atomic mass is 9.94. The first-order valence-electron chi connectivity index (χ1n) is 14.3. The number of benzene rings is 4. The van der Waals surface area contributed by atoms with Crippen molar-refractivity contribution in [2.75, 3.05) is 6.54 Å². The summed E-state index contributed by atoms with van der Waals surface area (Å²) in [7, 11) is -3.55. The molecule has 4 heteroatoms. The van der Waals surface area contributed by atoms with Gasteiger partial charge in [-0.2, -0.15) is 0 Å². The summed E-state index contributed by atoms with van der Waals surface area (Å²) >= 11 is 0. The minimum absolute atomic E-state index is 0.388. The van der Waals surface area contributed by atoms with Crippen LogP contribution in [0.1, 0.15) is 96.8 Å². The third-order valence-corrected chi connectivity index (χ3v) is 9.12. The zero-order valence-corrected chi connectivity index (χ0v) is 22.8. The second kappa shape index (κ2) is 13.4. The van der Waals surface area contributed by atoms with Gasteiger partial charge >= 0.3 is 0 Å². The van der Waals surface area contributed by atoms with E-state index in [0.29, 0.717) is 11.4 Å². The van der Waals surface area contributed by atoms with E-state index < -0.39 is 10.0 Å². The minimum Gasteiger partial charge on any atom is -0.211 e. The second-order valence-electron chi connectivity index (χ2n) is 10.4. The lowest BCUT2D eigenvalue weighted by Gasteiger charge is -2.14. The third kappa shape index (κ3) is 6.77. The zero-order valence-electron chi connectivity index (χ0n) is 22.0. The van der Waals surface area contributed by atoms with E-state index in [0.717, 1.165) is 45.2 Å². The fourth-order valence-corrected chi connectivity index (χ4v) is 6.82. The SMILES string of the molecule is CCCCCCCCCCCCCCCCNS(=O)(=O)c1ccc2ccc3cccc4ccc1c2c34. The van der Waals surface area contributed by atoms with Crippen molar-refractivity contribution in [3.8, 4) is 0 Å². The Hall–Kier alpha value is -2.17. The van der Waals surface area contributed by atoms with Crippen LogP contribution in [0.5, 0.6) is 0 Å². The van der Waals surface area contributed by atoms with E-state index in [2.05, 4.69) is 42.0 Å². The smallest absolute Gasteiger partial charge is 0.211 e. The van der Waals surface area contributed by atoms with Crippen molar-refractivity contribution in [2.24, 2.45) is 0 Å². The molecule has 36 heavy (non-hydrogen) atoms. The average molecular weight is 506 g/mol. The summed E-state index contributed by atoms with van der Waals surface area (Å²) in [6.45, 7) is 2.77. The van der Waals surface area contributed by atoms with E-state index in [4.69, 9.17) is 0 Å². The molecule has 0 bridgehead atoms.